The van der Waals surface area contributed by atoms with Crippen LogP contribution in [-0.2, 0) is 13.0 Å². The second-order valence-corrected chi connectivity index (χ2v) is 7.34. The summed E-state index contributed by atoms with van der Waals surface area (Å²) in [5.41, 5.74) is 0. The number of aryl methyl sites for hydroxylation is 1. The third-order valence-electron chi connectivity index (χ3n) is 4.85. The number of imidazole rings is 1. The standard InChI is InChI=1S/C21H41N2/c1-5-7-9-11-12-14-16-21-22(17-15-13-10-8-6-2)18-19-23(21)20(3)4/h18-20H,5-17H2,1-4H3/q+1. The molecule has 0 fully saturated rings. The molecule has 0 aromatic carbocycles. The van der Waals surface area contributed by atoms with Crippen LogP contribution >= 0.6 is 0 Å². The first-order valence-corrected chi connectivity index (χ1v) is 10.3. The van der Waals surface area contributed by atoms with Gasteiger partial charge in [0, 0.05) is 6.42 Å². The zero-order valence-electron chi connectivity index (χ0n) is 16.3. The van der Waals surface area contributed by atoms with Gasteiger partial charge >= 0.3 is 0 Å². The van der Waals surface area contributed by atoms with Gasteiger partial charge in [-0.25, -0.2) is 9.13 Å². The number of aromatic nitrogens is 2. The summed E-state index contributed by atoms with van der Waals surface area (Å²) in [6.07, 6.45) is 21.0. The van der Waals surface area contributed by atoms with E-state index in [0.717, 1.165) is 0 Å². The molecule has 0 radical (unpaired) electrons. The average Bonchev–Trinajstić information content (AvgIpc) is 2.94. The molecule has 0 saturated carbocycles. The lowest BCUT2D eigenvalue weighted by Crippen LogP contribution is -2.39. The van der Waals surface area contributed by atoms with Crippen molar-refractivity contribution in [1.29, 1.82) is 0 Å². The van der Waals surface area contributed by atoms with Crippen molar-refractivity contribution in [2.24, 2.45) is 0 Å². The maximum absolute atomic E-state index is 2.53. The Morgan fingerprint density at radius 3 is 2.00 bits per heavy atom. The maximum Gasteiger partial charge on any atom is 0.256 e. The molecule has 1 aromatic heterocycles. The van der Waals surface area contributed by atoms with Crippen molar-refractivity contribution < 1.29 is 4.57 Å². The summed E-state index contributed by atoms with van der Waals surface area (Å²) in [4.78, 5) is 0. The molecule has 0 aliphatic heterocycles. The zero-order chi connectivity index (χ0) is 16.9. The molecule has 0 spiro atoms. The lowest BCUT2D eigenvalue weighted by molar-refractivity contribution is -0.722. The SMILES string of the molecule is CCCCCCCCc1n(CCCCCCC)cc[n+]1C(C)C. The lowest BCUT2D eigenvalue weighted by atomic mass is 10.1. The molecule has 0 unspecified atom stereocenters. The number of unbranched alkanes of at least 4 members (excludes halogenated alkanes) is 9. The lowest BCUT2D eigenvalue weighted by Gasteiger charge is -2.08. The second kappa shape index (κ2) is 12.6. The van der Waals surface area contributed by atoms with E-state index in [9.17, 15) is 0 Å². The first-order valence-electron chi connectivity index (χ1n) is 10.3. The van der Waals surface area contributed by atoms with E-state index < -0.39 is 0 Å². The molecule has 134 valence electrons. The minimum absolute atomic E-state index is 0.575. The highest BCUT2D eigenvalue weighted by Gasteiger charge is 2.18. The number of nitrogens with zero attached hydrogens (tertiary/aromatic N) is 2. The van der Waals surface area contributed by atoms with Gasteiger partial charge in [-0.15, -0.1) is 0 Å². The molecule has 0 aliphatic rings. The topological polar surface area (TPSA) is 8.81 Å². The summed E-state index contributed by atoms with van der Waals surface area (Å²) < 4.78 is 5.01. The van der Waals surface area contributed by atoms with Crippen LogP contribution in [0.5, 0.6) is 0 Å². The monoisotopic (exact) mass is 321 g/mol. The van der Waals surface area contributed by atoms with Crippen LogP contribution in [0.3, 0.4) is 0 Å². The van der Waals surface area contributed by atoms with E-state index in [4.69, 9.17) is 0 Å². The van der Waals surface area contributed by atoms with E-state index >= 15 is 0 Å². The van der Waals surface area contributed by atoms with Crippen molar-refractivity contribution >= 4 is 0 Å². The Kier molecular flexibility index (Phi) is 11.1. The highest BCUT2D eigenvalue weighted by Crippen LogP contribution is 2.11. The largest absolute Gasteiger partial charge is 0.256 e. The molecule has 2 heteroatoms. The van der Waals surface area contributed by atoms with Crippen LogP contribution in [0.4, 0.5) is 0 Å². The number of hydrogen-bond acceptors (Lipinski definition) is 0. The summed E-state index contributed by atoms with van der Waals surface area (Å²) in [6, 6.07) is 0.575. The van der Waals surface area contributed by atoms with Crippen LogP contribution in [0.1, 0.15) is 110 Å². The van der Waals surface area contributed by atoms with Gasteiger partial charge in [-0.1, -0.05) is 65.2 Å². The quantitative estimate of drug-likeness (QED) is 0.284. The highest BCUT2D eigenvalue weighted by molar-refractivity contribution is 4.85. The van der Waals surface area contributed by atoms with Gasteiger partial charge in [0.2, 0.25) is 0 Å². The maximum atomic E-state index is 2.53. The van der Waals surface area contributed by atoms with Crippen LogP contribution in [0.15, 0.2) is 12.4 Å². The molecule has 1 aromatic rings. The van der Waals surface area contributed by atoms with E-state index in [1.165, 1.54) is 83.6 Å². The average molecular weight is 322 g/mol. The fourth-order valence-corrected chi connectivity index (χ4v) is 3.37. The molecule has 0 bridgehead atoms. The summed E-state index contributed by atoms with van der Waals surface area (Å²) in [5, 5.41) is 0. The third-order valence-corrected chi connectivity index (χ3v) is 4.85. The Morgan fingerprint density at radius 1 is 0.826 bits per heavy atom. The molecule has 1 rings (SSSR count). The van der Waals surface area contributed by atoms with E-state index in [-0.39, 0.29) is 0 Å². The smallest absolute Gasteiger partial charge is 0.234 e. The summed E-state index contributed by atoms with van der Waals surface area (Å²) in [5.74, 6) is 1.55. The molecular formula is C21H41N2+. The number of hydrogen-bond donors (Lipinski definition) is 0. The van der Waals surface area contributed by atoms with E-state index in [1.54, 1.807) is 5.82 Å². The fraction of sp³-hybridized carbons (Fsp3) is 0.857. The van der Waals surface area contributed by atoms with Gasteiger partial charge in [0.1, 0.15) is 12.4 Å². The van der Waals surface area contributed by atoms with Crippen molar-refractivity contribution in [3.63, 3.8) is 0 Å². The van der Waals surface area contributed by atoms with Crippen molar-refractivity contribution in [2.45, 2.75) is 117 Å². The molecule has 23 heavy (non-hydrogen) atoms. The fourth-order valence-electron chi connectivity index (χ4n) is 3.37. The molecule has 1 heterocycles. The summed E-state index contributed by atoms with van der Waals surface area (Å²) in [7, 11) is 0. The van der Waals surface area contributed by atoms with E-state index in [2.05, 4.69) is 49.2 Å². The molecule has 0 amide bonds. The molecule has 0 atom stereocenters. The van der Waals surface area contributed by atoms with Crippen LogP contribution in [-0.4, -0.2) is 4.57 Å². The van der Waals surface area contributed by atoms with Gasteiger partial charge in [-0.05, 0) is 33.1 Å². The van der Waals surface area contributed by atoms with E-state index in [0.29, 0.717) is 6.04 Å². The third kappa shape index (κ3) is 8.04. The van der Waals surface area contributed by atoms with Gasteiger partial charge in [-0.2, -0.15) is 0 Å². The van der Waals surface area contributed by atoms with Crippen LogP contribution in [0.25, 0.3) is 0 Å². The molecule has 0 N–H and O–H groups in total. The Bertz CT molecular complexity index is 393. The highest BCUT2D eigenvalue weighted by atomic mass is 15.2. The molecular weight excluding hydrogens is 280 g/mol. The Labute approximate surface area is 145 Å². The van der Waals surface area contributed by atoms with Crippen LogP contribution in [0, 0.1) is 0 Å². The Hall–Kier alpha value is -0.790. The molecule has 2 nitrogen and oxygen atoms in total. The van der Waals surface area contributed by atoms with Gasteiger partial charge in [0.05, 0.1) is 12.6 Å². The Morgan fingerprint density at radius 2 is 1.39 bits per heavy atom. The van der Waals surface area contributed by atoms with Crippen LogP contribution < -0.4 is 4.57 Å². The predicted molar refractivity (Wildman–Crippen MR) is 101 cm³/mol. The molecule has 0 aliphatic carbocycles. The van der Waals surface area contributed by atoms with E-state index in [1.807, 2.05) is 0 Å². The van der Waals surface area contributed by atoms with Crippen molar-refractivity contribution in [3.05, 3.63) is 18.2 Å². The Balaban J connectivity index is 2.44. The van der Waals surface area contributed by atoms with Gasteiger partial charge in [0.15, 0.2) is 0 Å². The van der Waals surface area contributed by atoms with Crippen molar-refractivity contribution in [2.75, 3.05) is 0 Å². The van der Waals surface area contributed by atoms with Crippen molar-refractivity contribution in [1.82, 2.24) is 4.57 Å². The second-order valence-electron chi connectivity index (χ2n) is 7.34. The van der Waals surface area contributed by atoms with Gasteiger partial charge in [-0.3, -0.25) is 0 Å². The minimum Gasteiger partial charge on any atom is -0.234 e. The summed E-state index contributed by atoms with van der Waals surface area (Å²) >= 11 is 0. The minimum atomic E-state index is 0.575. The first kappa shape index (κ1) is 20.3. The molecule has 0 saturated heterocycles. The van der Waals surface area contributed by atoms with Gasteiger partial charge in [0.25, 0.3) is 5.82 Å². The normalized spacial score (nSPS) is 11.5. The predicted octanol–water partition coefficient (Wildman–Crippen LogP) is 6.23. The van der Waals surface area contributed by atoms with Crippen molar-refractivity contribution in [3.8, 4) is 0 Å². The van der Waals surface area contributed by atoms with Gasteiger partial charge < -0.3 is 0 Å². The number of rotatable bonds is 14. The van der Waals surface area contributed by atoms with Crippen LogP contribution in [0.2, 0.25) is 0 Å². The summed E-state index contributed by atoms with van der Waals surface area (Å²) in [6.45, 7) is 10.4. The first-order chi connectivity index (χ1) is 11.2. The zero-order valence-corrected chi connectivity index (χ0v) is 16.3.